The molecule has 1 aliphatic heterocycles. The van der Waals surface area contributed by atoms with E-state index < -0.39 is 57.4 Å². The molecule has 5 rings (SSSR count). The number of amides is 2. The van der Waals surface area contributed by atoms with E-state index in [2.05, 4.69) is 10.6 Å². The highest BCUT2D eigenvalue weighted by atomic mass is 32.2. The largest absolute Gasteiger partial charge is 0.483 e. The molecule has 288 valence electrons. The van der Waals surface area contributed by atoms with E-state index in [4.69, 9.17) is 9.90 Å². The number of benzene rings is 4. The highest BCUT2D eigenvalue weighted by molar-refractivity contribution is 7.92. The number of nitrogens with zero attached hydrogens (tertiary/aromatic N) is 2. The molecule has 1 saturated heterocycles. The number of halogens is 5. The van der Waals surface area contributed by atoms with Crippen molar-refractivity contribution in [3.63, 3.8) is 0 Å². The Morgan fingerprint density at radius 1 is 0.963 bits per heavy atom. The predicted octanol–water partition coefficient (Wildman–Crippen LogP) is 5.40. The van der Waals surface area contributed by atoms with Crippen molar-refractivity contribution in [2.24, 2.45) is 0 Å². The van der Waals surface area contributed by atoms with E-state index >= 15 is 0 Å². The van der Waals surface area contributed by atoms with E-state index in [1.54, 1.807) is 30.3 Å². The van der Waals surface area contributed by atoms with Gasteiger partial charge in [0.05, 0.1) is 46.6 Å². The van der Waals surface area contributed by atoms with Gasteiger partial charge in [-0.15, -0.1) is 0 Å². The fourth-order valence-corrected chi connectivity index (χ4v) is 6.93. The van der Waals surface area contributed by atoms with E-state index in [0.717, 1.165) is 40.4 Å². The molecule has 0 radical (unpaired) electrons. The molecule has 0 unspecified atom stereocenters. The molecular formula is C37H37F5N4O7S. The monoisotopic (exact) mass is 776 g/mol. The summed E-state index contributed by atoms with van der Waals surface area (Å²) in [5.74, 6) is -3.69. The summed E-state index contributed by atoms with van der Waals surface area (Å²) in [5.41, 5.74) is -0.381. The molecule has 0 aliphatic carbocycles. The molecule has 4 N–H and O–H groups in total. The van der Waals surface area contributed by atoms with Gasteiger partial charge in [-0.25, -0.2) is 21.5 Å². The highest BCUT2D eigenvalue weighted by Crippen LogP contribution is 2.41. The number of hydrogen-bond acceptors (Lipinski definition) is 7. The molecule has 1 aliphatic rings. The van der Waals surface area contributed by atoms with Gasteiger partial charge in [-0.05, 0) is 54.3 Å². The van der Waals surface area contributed by atoms with Crippen molar-refractivity contribution in [2.45, 2.75) is 44.1 Å². The first-order valence-corrected chi connectivity index (χ1v) is 18.3. The lowest BCUT2D eigenvalue weighted by Crippen LogP contribution is -2.49. The Hall–Kier alpha value is -5.39. The molecular weight excluding hydrogens is 739 g/mol. The lowest BCUT2D eigenvalue weighted by atomic mass is 9.99. The third-order valence-electron chi connectivity index (χ3n) is 8.31. The summed E-state index contributed by atoms with van der Waals surface area (Å²) in [6, 6.07) is 19.3. The summed E-state index contributed by atoms with van der Waals surface area (Å²) in [6.07, 6.45) is -4.30. The van der Waals surface area contributed by atoms with Gasteiger partial charge in [0.2, 0.25) is 15.9 Å². The standard InChI is InChI=1S/C36H35F5N4O5S.CH2O2/c1-51(49,50)45(26-15-16-28(37)29(38)20-26)31-13-6-12-27(34(31)44-17-7-14-33(44)47)35(48)43-30(19-23-8-3-2-4-9-23)32(46)22-42-21-24-10-5-11-25(18-24)36(39,40)41;2-1-3/h2-6,8-13,15-16,18,20,30,32,42,46H,7,14,17,19,21-22H2,1H3,(H,43,48);1H,(H,2,3)/t30-,32+;/m0./s1. The first-order valence-electron chi connectivity index (χ1n) is 16.4. The van der Waals surface area contributed by atoms with Crippen LogP contribution < -0.4 is 19.8 Å². The number of sulfonamides is 1. The van der Waals surface area contributed by atoms with Crippen LogP contribution in [0.4, 0.5) is 39.0 Å². The Morgan fingerprint density at radius 2 is 1.63 bits per heavy atom. The van der Waals surface area contributed by atoms with Crippen molar-refractivity contribution in [2.75, 3.05) is 28.6 Å². The zero-order valence-corrected chi connectivity index (χ0v) is 29.6. The third kappa shape index (κ3) is 10.6. The molecule has 17 heteroatoms. The second kappa shape index (κ2) is 18.1. The van der Waals surface area contributed by atoms with Crippen molar-refractivity contribution in [1.29, 1.82) is 0 Å². The van der Waals surface area contributed by atoms with E-state index in [1.807, 2.05) is 0 Å². The topological polar surface area (TPSA) is 156 Å². The molecule has 54 heavy (non-hydrogen) atoms. The van der Waals surface area contributed by atoms with E-state index in [-0.39, 0.29) is 61.6 Å². The van der Waals surface area contributed by atoms with Crippen molar-refractivity contribution >= 4 is 45.4 Å². The van der Waals surface area contributed by atoms with Gasteiger partial charge in [0.15, 0.2) is 11.6 Å². The van der Waals surface area contributed by atoms with Crippen molar-refractivity contribution in [1.82, 2.24) is 10.6 Å². The van der Waals surface area contributed by atoms with Gasteiger partial charge < -0.3 is 25.7 Å². The van der Waals surface area contributed by atoms with Crippen LogP contribution in [-0.2, 0) is 38.8 Å². The second-order valence-corrected chi connectivity index (χ2v) is 14.1. The van der Waals surface area contributed by atoms with Gasteiger partial charge in [-0.3, -0.25) is 14.4 Å². The van der Waals surface area contributed by atoms with E-state index in [1.165, 1.54) is 35.2 Å². The number of para-hydroxylation sites is 1. The number of hydrogen-bond donors (Lipinski definition) is 4. The van der Waals surface area contributed by atoms with Crippen molar-refractivity contribution < 1.29 is 55.0 Å². The highest BCUT2D eigenvalue weighted by Gasteiger charge is 2.34. The van der Waals surface area contributed by atoms with Crippen LogP contribution in [0.3, 0.4) is 0 Å². The summed E-state index contributed by atoms with van der Waals surface area (Å²) >= 11 is 0. The number of carbonyl (C=O) groups is 3. The Morgan fingerprint density at radius 3 is 2.24 bits per heavy atom. The van der Waals surface area contributed by atoms with Crippen molar-refractivity contribution in [3.8, 4) is 0 Å². The summed E-state index contributed by atoms with van der Waals surface area (Å²) in [4.78, 5) is 36.9. The van der Waals surface area contributed by atoms with Gasteiger partial charge >= 0.3 is 6.18 Å². The average Bonchev–Trinajstić information content (AvgIpc) is 3.54. The number of alkyl halides is 3. The zero-order chi connectivity index (χ0) is 39.6. The molecule has 2 amide bonds. The van der Waals surface area contributed by atoms with Crippen LogP contribution in [0.25, 0.3) is 0 Å². The molecule has 1 heterocycles. The van der Waals surface area contributed by atoms with E-state index in [9.17, 15) is 45.1 Å². The van der Waals surface area contributed by atoms with Gasteiger partial charge in [0.1, 0.15) is 0 Å². The fraction of sp³-hybridized carbons (Fsp3) is 0.270. The smallest absolute Gasteiger partial charge is 0.416 e. The van der Waals surface area contributed by atoms with Gasteiger partial charge in [0.25, 0.3) is 12.4 Å². The number of carbonyl (C=O) groups excluding carboxylic acids is 2. The van der Waals surface area contributed by atoms with Crippen molar-refractivity contribution in [3.05, 3.63) is 125 Å². The summed E-state index contributed by atoms with van der Waals surface area (Å²) in [6.45, 7) is -0.258. The maximum atomic E-state index is 14.4. The minimum absolute atomic E-state index is 0.0123. The van der Waals surface area contributed by atoms with Gasteiger partial charge in [0, 0.05) is 32.1 Å². The summed E-state index contributed by atoms with van der Waals surface area (Å²) in [5, 5.41) is 24.0. The lowest BCUT2D eigenvalue weighted by molar-refractivity contribution is -0.137. The first-order chi connectivity index (χ1) is 25.5. The number of nitrogens with one attached hydrogen (secondary N) is 2. The molecule has 1 fully saturated rings. The average molecular weight is 777 g/mol. The number of aliphatic hydroxyl groups excluding tert-OH is 1. The molecule has 0 aromatic heterocycles. The van der Waals surface area contributed by atoms with Crippen LogP contribution in [-0.4, -0.2) is 68.4 Å². The quantitative estimate of drug-likeness (QED) is 0.104. The van der Waals surface area contributed by atoms with Crippen LogP contribution in [0.15, 0.2) is 91.0 Å². The molecule has 0 saturated carbocycles. The Balaban J connectivity index is 0.00000209. The summed E-state index contributed by atoms with van der Waals surface area (Å²) in [7, 11) is -4.27. The lowest BCUT2D eigenvalue weighted by Gasteiger charge is -2.31. The normalized spacial score (nSPS) is 14.1. The van der Waals surface area contributed by atoms with Crippen LogP contribution >= 0.6 is 0 Å². The van der Waals surface area contributed by atoms with Crippen LogP contribution in [0.1, 0.15) is 39.9 Å². The first kappa shape index (κ1) is 41.4. The minimum atomic E-state index is -4.52. The van der Waals surface area contributed by atoms with Gasteiger partial charge in [-0.1, -0.05) is 54.6 Å². The van der Waals surface area contributed by atoms with Crippen LogP contribution in [0.2, 0.25) is 0 Å². The molecule has 11 nitrogen and oxygen atoms in total. The third-order valence-corrected chi connectivity index (χ3v) is 9.38. The molecule has 0 bridgehead atoms. The molecule has 4 aromatic rings. The van der Waals surface area contributed by atoms with Crippen LogP contribution in [0.5, 0.6) is 0 Å². The second-order valence-electron chi connectivity index (χ2n) is 12.2. The van der Waals surface area contributed by atoms with E-state index in [0.29, 0.717) is 18.1 Å². The Labute approximate surface area is 308 Å². The molecule has 0 spiro atoms. The Bertz CT molecular complexity index is 2050. The summed E-state index contributed by atoms with van der Waals surface area (Å²) < 4.78 is 95.0. The molecule has 4 aromatic carbocycles. The number of anilines is 3. The fourth-order valence-electron chi connectivity index (χ4n) is 5.93. The maximum Gasteiger partial charge on any atom is 0.416 e. The number of rotatable bonds is 13. The molecule has 2 atom stereocenters. The zero-order valence-electron chi connectivity index (χ0n) is 28.8. The van der Waals surface area contributed by atoms with Gasteiger partial charge in [-0.2, -0.15) is 13.2 Å². The number of carboxylic acid groups (broad SMARTS) is 1. The minimum Gasteiger partial charge on any atom is -0.483 e. The predicted molar refractivity (Wildman–Crippen MR) is 191 cm³/mol. The SMILES string of the molecule is CS(=O)(=O)N(c1ccc(F)c(F)c1)c1cccc(C(=O)N[C@@H](Cc2ccccc2)[C@H](O)CNCc2cccc(C(F)(F)F)c2)c1N1CCCC1=O.O=CO. The van der Waals surface area contributed by atoms with Crippen LogP contribution in [0, 0.1) is 11.6 Å². The Kier molecular flexibility index (Phi) is 13.9. The maximum absolute atomic E-state index is 14.4. The number of aliphatic hydroxyl groups is 1.